The van der Waals surface area contributed by atoms with Crippen molar-refractivity contribution >= 4 is 104 Å². The molecule has 2 nitrogen and oxygen atoms in total. The number of nitrogens with zero attached hydrogens (tertiary/aromatic N) is 2. The Morgan fingerprint density at radius 2 is 1.03 bits per heavy atom. The van der Waals surface area contributed by atoms with Gasteiger partial charge in [0, 0.05) is 10.1 Å². The Labute approximate surface area is 385 Å². The molecule has 1 spiro atoms. The molecule has 0 aliphatic heterocycles. The Bertz CT molecular complexity index is 4110. The van der Waals surface area contributed by atoms with Gasteiger partial charge in [0.25, 0.3) is 0 Å². The Hall–Kier alpha value is -7.46. The molecule has 0 atom stereocenters. The van der Waals surface area contributed by atoms with Crippen molar-refractivity contribution in [2.45, 2.75) is 5.41 Å². The molecule has 3 aromatic heterocycles. The van der Waals surface area contributed by atoms with Gasteiger partial charge >= 0.3 is 335 Å². The van der Waals surface area contributed by atoms with Crippen molar-refractivity contribution in [3.8, 4) is 27.9 Å². The van der Waals surface area contributed by atoms with Crippen LogP contribution in [0.5, 0.6) is 0 Å². The summed E-state index contributed by atoms with van der Waals surface area (Å²) in [4.78, 5) is 2.57. The van der Waals surface area contributed by atoms with E-state index >= 15 is 0 Å². The van der Waals surface area contributed by atoms with Crippen molar-refractivity contribution < 1.29 is 0 Å². The zero-order valence-corrected chi connectivity index (χ0v) is 37.5. The van der Waals surface area contributed by atoms with E-state index < -0.39 is 5.41 Å². The van der Waals surface area contributed by atoms with Crippen LogP contribution in [0.3, 0.4) is 0 Å². The van der Waals surface area contributed by atoms with Crippen LogP contribution >= 0.6 is 11.3 Å². The van der Waals surface area contributed by atoms with E-state index in [1.807, 2.05) is 11.3 Å². The number of hydrogen-bond acceptors (Lipinski definition) is 2. The van der Waals surface area contributed by atoms with Gasteiger partial charge in [-0.3, -0.25) is 0 Å². The first-order chi connectivity index (χ1) is 32.3. The molecule has 0 saturated carbocycles. The summed E-state index contributed by atoms with van der Waals surface area (Å²) in [6, 6.07) is 82.4. The van der Waals surface area contributed by atoms with Crippen LogP contribution in [0.2, 0.25) is 0 Å². The Morgan fingerprint density at radius 3 is 1.85 bits per heavy atom. The van der Waals surface area contributed by atoms with Gasteiger partial charge in [0.1, 0.15) is 0 Å². The van der Waals surface area contributed by atoms with Crippen molar-refractivity contribution in [2.75, 3.05) is 4.90 Å². The molecule has 10 aromatic carbocycles. The molecule has 15 rings (SSSR count). The molecule has 3 heterocycles. The summed E-state index contributed by atoms with van der Waals surface area (Å²) in [5.41, 5.74) is 17.2. The van der Waals surface area contributed by atoms with Crippen molar-refractivity contribution in [1.82, 2.24) is 4.57 Å². The summed E-state index contributed by atoms with van der Waals surface area (Å²) in [5, 5.41) is 7.92. The normalized spacial score (nSPS) is 13.4. The van der Waals surface area contributed by atoms with Crippen LogP contribution in [0.15, 0.2) is 218 Å². The number of aromatic nitrogens is 1. The van der Waals surface area contributed by atoms with Crippen LogP contribution in [0.25, 0.3) is 89.2 Å². The third kappa shape index (κ3) is 4.73. The molecule has 302 valence electrons. The quantitative estimate of drug-likeness (QED) is 0.160. The second-order valence-electron chi connectivity index (χ2n) is 17.5. The van der Waals surface area contributed by atoms with Gasteiger partial charge in [-0.15, -0.1) is 0 Å². The molecule has 0 bridgehead atoms. The van der Waals surface area contributed by atoms with E-state index in [-0.39, 0.29) is 14.5 Å². The summed E-state index contributed by atoms with van der Waals surface area (Å²) >= 11 is 2.18. The summed E-state index contributed by atoms with van der Waals surface area (Å²) < 4.78 is 8.05. The molecule has 2 aliphatic carbocycles. The van der Waals surface area contributed by atoms with Crippen molar-refractivity contribution in [3.63, 3.8) is 0 Å². The SMILES string of the molecule is c1ccc(-n2c3cc(N(c4ccc5[se]c6ccccc6c5c4)c4cccc5c4-c4ccccc4C54c5ccccc5-c5ccccc54)ccc3c3c4sc5ccccc5c4ccc32)cc1. The molecule has 13 aromatic rings. The summed E-state index contributed by atoms with van der Waals surface area (Å²) in [7, 11) is 0. The third-order valence-corrected chi connectivity index (χ3v) is 18.0. The first-order valence-corrected chi connectivity index (χ1v) is 24.9. The van der Waals surface area contributed by atoms with Crippen LogP contribution in [0.4, 0.5) is 17.1 Å². The molecular formula is C61H36N2SSe. The van der Waals surface area contributed by atoms with Crippen LogP contribution in [-0.4, -0.2) is 19.1 Å². The molecular weight excluding hydrogens is 872 g/mol. The van der Waals surface area contributed by atoms with Crippen LogP contribution < -0.4 is 4.90 Å². The van der Waals surface area contributed by atoms with Gasteiger partial charge in [0.05, 0.1) is 0 Å². The molecule has 0 radical (unpaired) electrons. The summed E-state index contributed by atoms with van der Waals surface area (Å²) in [6.07, 6.45) is 0. The van der Waals surface area contributed by atoms with E-state index in [2.05, 4.69) is 228 Å². The minimum absolute atomic E-state index is 0.269. The predicted octanol–water partition coefficient (Wildman–Crippen LogP) is 16.3. The summed E-state index contributed by atoms with van der Waals surface area (Å²) in [6.45, 7) is 0. The number of thiophene rings is 1. The van der Waals surface area contributed by atoms with Crippen LogP contribution in [0.1, 0.15) is 22.3 Å². The molecule has 0 amide bonds. The van der Waals surface area contributed by atoms with E-state index in [0.29, 0.717) is 0 Å². The monoisotopic (exact) mass is 908 g/mol. The first-order valence-electron chi connectivity index (χ1n) is 22.3. The fourth-order valence-electron chi connectivity index (χ4n) is 11.9. The zero-order chi connectivity index (χ0) is 42.4. The second kappa shape index (κ2) is 13.3. The molecule has 0 N–H and O–H groups in total. The number of hydrogen-bond donors (Lipinski definition) is 0. The van der Waals surface area contributed by atoms with Gasteiger partial charge in [0.15, 0.2) is 0 Å². The van der Waals surface area contributed by atoms with Crippen LogP contribution in [-0.2, 0) is 5.41 Å². The molecule has 4 heteroatoms. The van der Waals surface area contributed by atoms with Crippen molar-refractivity contribution in [2.24, 2.45) is 0 Å². The molecule has 0 fully saturated rings. The number of para-hydroxylation sites is 1. The van der Waals surface area contributed by atoms with E-state index in [4.69, 9.17) is 0 Å². The average Bonchev–Trinajstić information content (AvgIpc) is 4.16. The predicted molar refractivity (Wildman–Crippen MR) is 277 cm³/mol. The third-order valence-electron chi connectivity index (χ3n) is 14.4. The Kier molecular flexibility index (Phi) is 7.35. The molecule has 65 heavy (non-hydrogen) atoms. The topological polar surface area (TPSA) is 8.17 Å². The number of anilines is 3. The van der Waals surface area contributed by atoms with Crippen molar-refractivity contribution in [3.05, 3.63) is 241 Å². The van der Waals surface area contributed by atoms with Crippen molar-refractivity contribution in [1.29, 1.82) is 0 Å². The van der Waals surface area contributed by atoms with E-state index in [9.17, 15) is 0 Å². The molecule has 2 aliphatic rings. The van der Waals surface area contributed by atoms with E-state index in [1.165, 1.54) is 111 Å². The number of benzene rings is 10. The Morgan fingerprint density at radius 1 is 0.415 bits per heavy atom. The first kappa shape index (κ1) is 35.9. The van der Waals surface area contributed by atoms with Gasteiger partial charge in [-0.05, 0) is 6.07 Å². The maximum absolute atomic E-state index is 2.57. The maximum atomic E-state index is 2.57. The van der Waals surface area contributed by atoms with Gasteiger partial charge < -0.3 is 0 Å². The second-order valence-corrected chi connectivity index (χ2v) is 20.8. The van der Waals surface area contributed by atoms with E-state index in [0.717, 1.165) is 17.1 Å². The fraction of sp³-hybridized carbons (Fsp3) is 0.0164. The van der Waals surface area contributed by atoms with Gasteiger partial charge in [-0.25, -0.2) is 0 Å². The zero-order valence-electron chi connectivity index (χ0n) is 35.0. The Balaban J connectivity index is 1.06. The molecule has 0 saturated heterocycles. The molecule has 0 unspecified atom stereocenters. The van der Waals surface area contributed by atoms with Gasteiger partial charge in [0.2, 0.25) is 0 Å². The number of fused-ring (bicyclic) bond motifs is 20. The van der Waals surface area contributed by atoms with Gasteiger partial charge in [-0.1, -0.05) is 36.4 Å². The standard InChI is InChI=1S/C61H36N2SSe/c1-2-15-37(16-3-1)63-53-33-32-44-42-19-7-12-27-55(42)64-60(44)59(53)46-31-29-39(36-54(46)63)62(38-30-34-57-47(35-38)43-20-8-13-28-56(43)65-57)52-26-14-25-51-58(52)45-21-6-11-24-50(45)61(51)48-22-9-4-17-40(48)41-18-5-10-23-49(41)61/h1-36H. The average molecular weight is 908 g/mol. The van der Waals surface area contributed by atoms with Gasteiger partial charge in [-0.2, -0.15) is 0 Å². The number of rotatable bonds is 4. The van der Waals surface area contributed by atoms with Crippen LogP contribution in [0, 0.1) is 0 Å². The minimum atomic E-state index is -0.445. The van der Waals surface area contributed by atoms with E-state index in [1.54, 1.807) is 0 Å². The summed E-state index contributed by atoms with van der Waals surface area (Å²) in [5.74, 6) is 0. The fourth-order valence-corrected chi connectivity index (χ4v) is 15.4.